The highest BCUT2D eigenvalue weighted by Gasteiger charge is 2.43. The van der Waals surface area contributed by atoms with Crippen molar-refractivity contribution in [2.24, 2.45) is 5.41 Å². The van der Waals surface area contributed by atoms with Gasteiger partial charge in [-0.15, -0.1) is 6.58 Å². The Morgan fingerprint density at radius 3 is 2.32 bits per heavy atom. The number of ether oxygens (including phenoxy) is 2. The Bertz CT molecular complexity index is 403. The Hall–Kier alpha value is -1.52. The second kappa shape index (κ2) is 7.65. The van der Waals surface area contributed by atoms with Gasteiger partial charge in [-0.1, -0.05) is 6.08 Å². The minimum Gasteiger partial charge on any atom is -0.469 e. The van der Waals surface area contributed by atoms with Crippen LogP contribution in [0, 0.1) is 5.41 Å². The maximum absolute atomic E-state index is 12.2. The lowest BCUT2D eigenvalue weighted by atomic mass is 9.74. The number of esters is 1. The van der Waals surface area contributed by atoms with Crippen LogP contribution in [0.15, 0.2) is 12.7 Å². The van der Waals surface area contributed by atoms with Gasteiger partial charge in [0.15, 0.2) is 0 Å². The van der Waals surface area contributed by atoms with Crippen molar-refractivity contribution < 1.29 is 19.1 Å². The van der Waals surface area contributed by atoms with E-state index in [2.05, 4.69) is 6.58 Å². The first-order chi connectivity index (χ1) is 10.2. The van der Waals surface area contributed by atoms with E-state index < -0.39 is 11.0 Å². The first-order valence-electron chi connectivity index (χ1n) is 7.91. The smallest absolute Gasteiger partial charge is 0.410 e. The van der Waals surface area contributed by atoms with Gasteiger partial charge in [0.05, 0.1) is 12.5 Å². The van der Waals surface area contributed by atoms with Crippen LogP contribution in [0.4, 0.5) is 4.79 Å². The zero-order valence-electron chi connectivity index (χ0n) is 14.3. The highest BCUT2D eigenvalue weighted by atomic mass is 16.6. The molecule has 1 saturated heterocycles. The minimum absolute atomic E-state index is 0.166. The molecule has 0 radical (unpaired) electrons. The molecule has 1 amide bonds. The molecule has 22 heavy (non-hydrogen) atoms. The summed E-state index contributed by atoms with van der Waals surface area (Å²) in [7, 11) is 1.43. The molecule has 126 valence electrons. The Labute approximate surface area is 133 Å². The van der Waals surface area contributed by atoms with E-state index in [1.54, 1.807) is 4.90 Å². The summed E-state index contributed by atoms with van der Waals surface area (Å²) >= 11 is 0. The largest absolute Gasteiger partial charge is 0.469 e. The van der Waals surface area contributed by atoms with E-state index >= 15 is 0 Å². The van der Waals surface area contributed by atoms with Gasteiger partial charge >= 0.3 is 12.1 Å². The Kier molecular flexibility index (Phi) is 6.45. The first-order valence-corrected chi connectivity index (χ1v) is 7.91. The summed E-state index contributed by atoms with van der Waals surface area (Å²) in [5, 5.41) is 0. The number of nitrogens with zero attached hydrogens (tertiary/aromatic N) is 1. The van der Waals surface area contributed by atoms with Gasteiger partial charge in [-0.2, -0.15) is 0 Å². The number of amides is 1. The number of unbranched alkanes of at least 4 members (excludes halogenated alkanes) is 1. The molecule has 1 aliphatic heterocycles. The molecule has 0 aromatic carbocycles. The zero-order valence-corrected chi connectivity index (χ0v) is 14.3. The van der Waals surface area contributed by atoms with Crippen LogP contribution < -0.4 is 0 Å². The summed E-state index contributed by atoms with van der Waals surface area (Å²) in [5.41, 5.74) is -0.978. The number of piperidine rings is 1. The highest BCUT2D eigenvalue weighted by Crippen LogP contribution is 2.38. The van der Waals surface area contributed by atoms with Gasteiger partial charge in [-0.3, -0.25) is 4.79 Å². The summed E-state index contributed by atoms with van der Waals surface area (Å²) in [4.78, 5) is 26.0. The fourth-order valence-electron chi connectivity index (χ4n) is 2.80. The van der Waals surface area contributed by atoms with Crippen LogP contribution in [0.5, 0.6) is 0 Å². The number of hydrogen-bond donors (Lipinski definition) is 0. The summed E-state index contributed by atoms with van der Waals surface area (Å²) in [6, 6.07) is 0. The fourth-order valence-corrected chi connectivity index (χ4v) is 2.80. The van der Waals surface area contributed by atoms with Gasteiger partial charge in [0.1, 0.15) is 5.60 Å². The SMILES string of the molecule is C=CCCCC1(C(=O)OC)CCN(C(=O)OC(C)(C)C)CC1. The van der Waals surface area contributed by atoms with E-state index in [4.69, 9.17) is 9.47 Å². The summed E-state index contributed by atoms with van der Waals surface area (Å²) in [5.74, 6) is -0.166. The normalized spacial score (nSPS) is 17.7. The second-order valence-corrected chi connectivity index (χ2v) is 6.92. The van der Waals surface area contributed by atoms with Gasteiger partial charge in [0.2, 0.25) is 0 Å². The van der Waals surface area contributed by atoms with Gasteiger partial charge < -0.3 is 14.4 Å². The van der Waals surface area contributed by atoms with Crippen molar-refractivity contribution in [1.29, 1.82) is 0 Å². The van der Waals surface area contributed by atoms with Crippen molar-refractivity contribution >= 4 is 12.1 Å². The Morgan fingerprint density at radius 1 is 1.27 bits per heavy atom. The van der Waals surface area contributed by atoms with Crippen molar-refractivity contribution in [3.05, 3.63) is 12.7 Å². The number of likely N-dealkylation sites (tertiary alicyclic amines) is 1. The average Bonchev–Trinajstić information content (AvgIpc) is 2.45. The summed E-state index contributed by atoms with van der Waals surface area (Å²) in [6.07, 6.45) is 5.36. The molecular weight excluding hydrogens is 282 g/mol. The third-order valence-corrected chi connectivity index (χ3v) is 4.05. The molecule has 1 fully saturated rings. The number of carbonyl (C=O) groups is 2. The van der Waals surface area contributed by atoms with Gasteiger partial charge in [0, 0.05) is 13.1 Å². The van der Waals surface area contributed by atoms with Crippen LogP contribution in [-0.4, -0.2) is 42.8 Å². The Morgan fingerprint density at radius 2 is 1.86 bits per heavy atom. The maximum Gasteiger partial charge on any atom is 0.410 e. The van der Waals surface area contributed by atoms with Crippen LogP contribution in [-0.2, 0) is 14.3 Å². The van der Waals surface area contributed by atoms with Gasteiger partial charge in [-0.25, -0.2) is 4.79 Å². The molecule has 0 saturated carbocycles. The average molecular weight is 311 g/mol. The highest BCUT2D eigenvalue weighted by molar-refractivity contribution is 5.77. The number of hydrogen-bond acceptors (Lipinski definition) is 4. The predicted molar refractivity (Wildman–Crippen MR) is 85.5 cm³/mol. The second-order valence-electron chi connectivity index (χ2n) is 6.92. The Balaban J connectivity index is 2.66. The molecule has 1 aliphatic rings. The molecule has 5 nitrogen and oxygen atoms in total. The van der Waals surface area contributed by atoms with Crippen molar-refractivity contribution in [3.63, 3.8) is 0 Å². The fraction of sp³-hybridized carbons (Fsp3) is 0.765. The molecule has 0 atom stereocenters. The van der Waals surface area contributed by atoms with Crippen LogP contribution in [0.1, 0.15) is 52.9 Å². The van der Waals surface area contributed by atoms with E-state index in [1.807, 2.05) is 26.8 Å². The number of methoxy groups -OCH3 is 1. The van der Waals surface area contributed by atoms with Gasteiger partial charge in [0.25, 0.3) is 0 Å². The van der Waals surface area contributed by atoms with Crippen molar-refractivity contribution in [3.8, 4) is 0 Å². The summed E-state index contributed by atoms with van der Waals surface area (Å²) < 4.78 is 10.4. The van der Waals surface area contributed by atoms with Crippen molar-refractivity contribution in [1.82, 2.24) is 4.90 Å². The third-order valence-electron chi connectivity index (χ3n) is 4.05. The van der Waals surface area contributed by atoms with Crippen LogP contribution in [0.25, 0.3) is 0 Å². The van der Waals surface area contributed by atoms with E-state index in [1.165, 1.54) is 7.11 Å². The lowest BCUT2D eigenvalue weighted by Gasteiger charge is -2.40. The molecule has 1 rings (SSSR count). The lowest BCUT2D eigenvalue weighted by Crippen LogP contribution is -2.48. The number of allylic oxidation sites excluding steroid dienone is 1. The molecular formula is C17H29NO4. The molecule has 0 aliphatic carbocycles. The maximum atomic E-state index is 12.2. The molecule has 0 unspecified atom stereocenters. The monoisotopic (exact) mass is 311 g/mol. The first kappa shape index (κ1) is 18.5. The van der Waals surface area contributed by atoms with Crippen molar-refractivity contribution in [2.45, 2.75) is 58.5 Å². The van der Waals surface area contributed by atoms with E-state index in [0.717, 1.165) is 19.3 Å². The topological polar surface area (TPSA) is 55.8 Å². The lowest BCUT2D eigenvalue weighted by molar-refractivity contribution is -0.156. The van der Waals surface area contributed by atoms with Gasteiger partial charge in [-0.05, 0) is 52.9 Å². The molecule has 0 N–H and O–H groups in total. The molecule has 5 heteroatoms. The molecule has 0 bridgehead atoms. The molecule has 0 aromatic heterocycles. The van der Waals surface area contributed by atoms with E-state index in [-0.39, 0.29) is 12.1 Å². The van der Waals surface area contributed by atoms with Crippen LogP contribution in [0.2, 0.25) is 0 Å². The van der Waals surface area contributed by atoms with Crippen molar-refractivity contribution in [2.75, 3.05) is 20.2 Å². The minimum atomic E-state index is -0.502. The number of rotatable bonds is 5. The summed E-state index contributed by atoms with van der Waals surface area (Å²) in [6.45, 7) is 10.3. The number of carbonyl (C=O) groups excluding carboxylic acids is 2. The van der Waals surface area contributed by atoms with E-state index in [9.17, 15) is 9.59 Å². The molecule has 0 aromatic rings. The van der Waals surface area contributed by atoms with Crippen LogP contribution in [0.3, 0.4) is 0 Å². The quantitative estimate of drug-likeness (QED) is 0.443. The van der Waals surface area contributed by atoms with E-state index in [0.29, 0.717) is 25.9 Å². The molecule has 0 spiro atoms. The zero-order chi connectivity index (χ0) is 16.8. The third kappa shape index (κ3) is 5.04. The molecule has 1 heterocycles. The predicted octanol–water partition coefficient (Wildman–Crippen LogP) is 3.53. The standard InChI is InChI=1S/C17H29NO4/c1-6-7-8-9-17(14(19)21-5)10-12-18(13-11-17)15(20)22-16(2,3)4/h6H,1,7-13H2,2-5H3. The van der Waals surface area contributed by atoms with Crippen LogP contribution >= 0.6 is 0 Å².